The number of carbonyl (C=O) groups is 1. The molecule has 5 rings (SSSR count). The van der Waals surface area contributed by atoms with Crippen LogP contribution in [-0.4, -0.2) is 84.9 Å². The van der Waals surface area contributed by atoms with Crippen molar-refractivity contribution in [3.63, 3.8) is 0 Å². The van der Waals surface area contributed by atoms with Crippen molar-refractivity contribution in [2.75, 3.05) is 29.8 Å². The first-order valence-corrected chi connectivity index (χ1v) is 13.2. The number of carbonyl (C=O) groups excluding carboxylic acids is 1. The van der Waals surface area contributed by atoms with E-state index in [-0.39, 0.29) is 42.1 Å². The monoisotopic (exact) mass is 495 g/mol. The molecule has 1 radical (unpaired) electrons. The topological polar surface area (TPSA) is 99.6 Å². The Bertz CT molecular complexity index is 1150. The Morgan fingerprint density at radius 1 is 1.12 bits per heavy atom. The number of urea groups is 1. The van der Waals surface area contributed by atoms with Gasteiger partial charge in [-0.3, -0.25) is 4.68 Å². The molecule has 1 aromatic carbocycles. The SMILES string of the molecule is CN1CCC[C@H]1CN(c1cnn(C)c1)S(=O)(=O)NC(=O)Nc1c2c(cc3c1CCC3)CCC2.[Na]. The van der Waals surface area contributed by atoms with Gasteiger partial charge in [0.2, 0.25) is 0 Å². The van der Waals surface area contributed by atoms with Crippen LogP contribution < -0.4 is 14.3 Å². The van der Waals surface area contributed by atoms with Gasteiger partial charge in [0.1, 0.15) is 0 Å². The third kappa shape index (κ3) is 5.02. The number of likely N-dealkylation sites (N-methyl/N-ethyl adjacent to an activating group) is 1. The van der Waals surface area contributed by atoms with E-state index in [2.05, 4.69) is 26.1 Å². The zero-order chi connectivity index (χ0) is 23.2. The molecule has 1 aliphatic heterocycles. The van der Waals surface area contributed by atoms with Gasteiger partial charge in [-0.2, -0.15) is 13.5 Å². The summed E-state index contributed by atoms with van der Waals surface area (Å²) in [5.74, 6) is 0. The summed E-state index contributed by atoms with van der Waals surface area (Å²) in [4.78, 5) is 15.2. The molecule has 1 atom stereocenters. The summed E-state index contributed by atoms with van der Waals surface area (Å²) in [6.07, 6.45) is 11.1. The van der Waals surface area contributed by atoms with Crippen molar-refractivity contribution in [2.45, 2.75) is 57.4 Å². The quantitative estimate of drug-likeness (QED) is 0.597. The van der Waals surface area contributed by atoms with E-state index in [1.54, 1.807) is 17.9 Å². The van der Waals surface area contributed by atoms with Crippen molar-refractivity contribution in [2.24, 2.45) is 7.05 Å². The van der Waals surface area contributed by atoms with Gasteiger partial charge in [0.25, 0.3) is 0 Å². The van der Waals surface area contributed by atoms with E-state index in [9.17, 15) is 13.2 Å². The van der Waals surface area contributed by atoms with Crippen LogP contribution in [0.1, 0.15) is 47.9 Å². The first-order chi connectivity index (χ1) is 15.8. The number of fused-ring (bicyclic) bond motifs is 2. The third-order valence-electron chi connectivity index (χ3n) is 7.25. The maximum atomic E-state index is 13.4. The molecule has 3 aliphatic rings. The number of benzene rings is 1. The van der Waals surface area contributed by atoms with E-state index in [0.29, 0.717) is 5.69 Å². The van der Waals surface area contributed by atoms with Crippen molar-refractivity contribution in [1.29, 1.82) is 0 Å². The van der Waals surface area contributed by atoms with E-state index < -0.39 is 16.2 Å². The predicted octanol–water partition coefficient (Wildman–Crippen LogP) is 1.98. The van der Waals surface area contributed by atoms with Crippen molar-refractivity contribution in [1.82, 2.24) is 19.4 Å². The van der Waals surface area contributed by atoms with Crippen LogP contribution >= 0.6 is 0 Å². The molecule has 1 saturated heterocycles. The first kappa shape index (κ1) is 25.5. The minimum Gasteiger partial charge on any atom is -0.307 e. The largest absolute Gasteiger partial charge is 0.334 e. The summed E-state index contributed by atoms with van der Waals surface area (Å²) in [6, 6.07) is 1.66. The van der Waals surface area contributed by atoms with Gasteiger partial charge < -0.3 is 10.2 Å². The number of nitrogens with zero attached hydrogens (tertiary/aromatic N) is 4. The second-order valence-corrected chi connectivity index (χ2v) is 11.1. The Hall–Kier alpha value is -1.59. The summed E-state index contributed by atoms with van der Waals surface area (Å²) >= 11 is 0. The maximum absolute atomic E-state index is 13.4. The zero-order valence-corrected chi connectivity index (χ0v) is 23.1. The summed E-state index contributed by atoms with van der Waals surface area (Å²) in [5, 5.41) is 7.06. The molecule has 2 amide bonds. The third-order valence-corrected chi connectivity index (χ3v) is 8.63. The summed E-state index contributed by atoms with van der Waals surface area (Å²) in [7, 11) is -0.384. The maximum Gasteiger partial charge on any atom is 0.334 e. The average Bonchev–Trinajstić information content (AvgIpc) is 3.53. The van der Waals surface area contributed by atoms with Gasteiger partial charge in [-0.25, -0.2) is 13.8 Å². The Labute approximate surface area is 223 Å². The second kappa shape index (κ2) is 10.2. The van der Waals surface area contributed by atoms with E-state index in [1.165, 1.54) is 32.8 Å². The molecular weight excluding hydrogens is 463 g/mol. The molecule has 1 aromatic heterocycles. The van der Waals surface area contributed by atoms with Gasteiger partial charge in [0.15, 0.2) is 0 Å². The molecule has 11 heteroatoms. The number of amides is 2. The molecule has 2 aliphatic carbocycles. The van der Waals surface area contributed by atoms with E-state index in [1.807, 2.05) is 7.05 Å². The smallest absolute Gasteiger partial charge is 0.307 e. The molecule has 0 saturated carbocycles. The van der Waals surface area contributed by atoms with Crippen LogP contribution in [0.25, 0.3) is 0 Å². The van der Waals surface area contributed by atoms with Crippen molar-refractivity contribution in [3.8, 4) is 0 Å². The van der Waals surface area contributed by atoms with Crippen LogP contribution in [0.15, 0.2) is 18.5 Å². The van der Waals surface area contributed by atoms with Crippen LogP contribution in [-0.2, 0) is 42.9 Å². The van der Waals surface area contributed by atoms with Crippen LogP contribution in [0.2, 0.25) is 0 Å². The standard InChI is InChI=1S/C23H32N6O3S.Na/c1-27-11-5-8-18(27)15-29(19-13-24-28(2)14-19)33(31,32)26-23(30)25-22-20-9-3-6-16(20)12-17-7-4-10-21(17)22;/h12-14,18H,3-11,15H2,1-2H3,(H2,25,26,30);/t18-;/m0./s1. The number of likely N-dealkylation sites (tertiary alicyclic amines) is 1. The number of nitrogens with one attached hydrogen (secondary N) is 2. The summed E-state index contributed by atoms with van der Waals surface area (Å²) in [6.45, 7) is 1.20. The van der Waals surface area contributed by atoms with Crippen molar-refractivity contribution in [3.05, 3.63) is 40.7 Å². The Kier molecular flexibility index (Phi) is 7.64. The van der Waals surface area contributed by atoms with Crippen molar-refractivity contribution < 1.29 is 13.2 Å². The van der Waals surface area contributed by atoms with Gasteiger partial charge >= 0.3 is 16.2 Å². The van der Waals surface area contributed by atoms with E-state index in [0.717, 1.165) is 63.6 Å². The Morgan fingerprint density at radius 3 is 2.35 bits per heavy atom. The molecule has 2 N–H and O–H groups in total. The fourth-order valence-corrected chi connectivity index (χ4v) is 6.69. The molecule has 179 valence electrons. The molecule has 9 nitrogen and oxygen atoms in total. The van der Waals surface area contributed by atoms with Crippen LogP contribution in [0.3, 0.4) is 0 Å². The van der Waals surface area contributed by atoms with Gasteiger partial charge in [-0.05, 0) is 87.2 Å². The molecule has 34 heavy (non-hydrogen) atoms. The normalized spacial score (nSPS) is 19.4. The Morgan fingerprint density at radius 2 is 1.79 bits per heavy atom. The van der Waals surface area contributed by atoms with Crippen molar-refractivity contribution >= 4 is 57.2 Å². The number of anilines is 2. The summed E-state index contributed by atoms with van der Waals surface area (Å²) < 4.78 is 31.9. The van der Waals surface area contributed by atoms with Crippen LogP contribution in [0.4, 0.5) is 16.2 Å². The van der Waals surface area contributed by atoms with Gasteiger partial charge in [0.05, 0.1) is 18.4 Å². The molecule has 0 unspecified atom stereocenters. The number of aromatic nitrogens is 2. The molecule has 1 fully saturated rings. The zero-order valence-electron chi connectivity index (χ0n) is 20.3. The van der Waals surface area contributed by atoms with E-state index >= 15 is 0 Å². The molecule has 2 heterocycles. The van der Waals surface area contributed by atoms with Crippen LogP contribution in [0, 0.1) is 0 Å². The second-order valence-electron chi connectivity index (χ2n) is 9.48. The minimum atomic E-state index is -4.13. The molecular formula is C23H32N6NaO3S. The van der Waals surface area contributed by atoms with Crippen LogP contribution in [0.5, 0.6) is 0 Å². The fourth-order valence-electron chi connectivity index (χ4n) is 5.56. The minimum absolute atomic E-state index is 0. The molecule has 0 spiro atoms. The molecule has 0 bridgehead atoms. The number of hydrogen-bond donors (Lipinski definition) is 2. The summed E-state index contributed by atoms with van der Waals surface area (Å²) in [5.41, 5.74) is 6.18. The number of rotatable bonds is 6. The predicted molar refractivity (Wildman–Crippen MR) is 134 cm³/mol. The number of aryl methyl sites for hydroxylation is 3. The fraction of sp³-hybridized carbons (Fsp3) is 0.565. The first-order valence-electron chi connectivity index (χ1n) is 11.8. The van der Waals surface area contributed by atoms with Gasteiger partial charge in [0, 0.05) is 54.5 Å². The average molecular weight is 496 g/mol. The van der Waals surface area contributed by atoms with Gasteiger partial charge in [-0.1, -0.05) is 6.07 Å². The van der Waals surface area contributed by atoms with Gasteiger partial charge in [-0.15, -0.1) is 0 Å². The molecule has 2 aromatic rings. The number of hydrogen-bond acceptors (Lipinski definition) is 5. The Balaban J connectivity index is 0.00000274. The van der Waals surface area contributed by atoms with E-state index in [4.69, 9.17) is 0 Å².